The van der Waals surface area contributed by atoms with E-state index >= 15 is 0 Å². The molecule has 0 bridgehead atoms. The fourth-order valence-corrected chi connectivity index (χ4v) is 2.58. The number of benzene rings is 2. The van der Waals surface area contributed by atoms with E-state index in [9.17, 15) is 9.59 Å². The quantitative estimate of drug-likeness (QED) is 0.507. The first-order valence-corrected chi connectivity index (χ1v) is 10.6. The van der Waals surface area contributed by atoms with Crippen molar-refractivity contribution in [3.05, 3.63) is 65.7 Å². The van der Waals surface area contributed by atoms with E-state index in [0.29, 0.717) is 12.1 Å². The fraction of sp³-hybridized carbons (Fsp3) is 0.417. The second-order valence-corrected chi connectivity index (χ2v) is 6.02. The molecule has 0 radical (unpaired) electrons. The first-order valence-electron chi connectivity index (χ1n) is 10.6. The maximum Gasteiger partial charge on any atom is 0.243 e. The molecule has 0 aliphatic rings. The number of amides is 2. The molecular weight excluding hydrogens is 376 g/mol. The second-order valence-electron chi connectivity index (χ2n) is 6.02. The molecule has 2 rings (SSSR count). The summed E-state index contributed by atoms with van der Waals surface area (Å²) in [6.07, 6.45) is 0.567. The van der Waals surface area contributed by atoms with E-state index < -0.39 is 0 Å². The van der Waals surface area contributed by atoms with Gasteiger partial charge in [0.1, 0.15) is 0 Å². The van der Waals surface area contributed by atoms with Crippen molar-refractivity contribution in [1.82, 2.24) is 16.0 Å². The molecule has 0 fully saturated rings. The number of rotatable bonds is 9. The lowest BCUT2D eigenvalue weighted by Crippen LogP contribution is -2.46. The van der Waals surface area contributed by atoms with Crippen LogP contribution in [-0.4, -0.2) is 38.5 Å². The van der Waals surface area contributed by atoms with Gasteiger partial charge in [-0.25, -0.2) is 0 Å². The number of hydrogen-bond acceptors (Lipinski definition) is 4. The predicted molar refractivity (Wildman–Crippen MR) is 127 cm³/mol. The first kappa shape index (κ1) is 27.3. The Morgan fingerprint density at radius 2 is 1.43 bits per heavy atom. The Morgan fingerprint density at radius 1 is 0.833 bits per heavy atom. The molecule has 0 heterocycles. The molecule has 2 amide bonds. The standard InChI is InChI=1S/C20H26N4O2.2C2H6/c1-21-13-16-8-10-17(11-9-16)24-19(25)14-23-20(26)18(22-2)12-15-6-4-3-5-7-15;2*1-2/h3-11,18,21-22H,12-14H2,1-2H3,(H,23,26)(H,24,25);2*1-2H3. The third-order valence-electron chi connectivity index (χ3n) is 3.99. The van der Waals surface area contributed by atoms with Gasteiger partial charge in [-0.15, -0.1) is 0 Å². The third kappa shape index (κ3) is 10.7. The van der Waals surface area contributed by atoms with Crippen LogP contribution in [0.4, 0.5) is 5.69 Å². The van der Waals surface area contributed by atoms with E-state index in [1.54, 1.807) is 7.05 Å². The molecule has 0 spiro atoms. The van der Waals surface area contributed by atoms with Crippen LogP contribution in [0.25, 0.3) is 0 Å². The Balaban J connectivity index is 0.00000198. The average molecular weight is 415 g/mol. The van der Waals surface area contributed by atoms with E-state index in [0.717, 1.165) is 17.7 Å². The van der Waals surface area contributed by atoms with Gasteiger partial charge < -0.3 is 21.3 Å². The summed E-state index contributed by atoms with van der Waals surface area (Å²) in [5.74, 6) is -0.454. The maximum atomic E-state index is 12.3. The second kappa shape index (κ2) is 17.2. The van der Waals surface area contributed by atoms with Crippen LogP contribution in [0, 0.1) is 0 Å². The molecule has 6 nitrogen and oxygen atoms in total. The Kier molecular flexibility index (Phi) is 15.6. The monoisotopic (exact) mass is 414 g/mol. The highest BCUT2D eigenvalue weighted by atomic mass is 16.2. The normalized spacial score (nSPS) is 10.5. The molecule has 0 saturated carbocycles. The van der Waals surface area contributed by atoms with Crippen LogP contribution < -0.4 is 21.3 Å². The van der Waals surface area contributed by atoms with E-state index in [-0.39, 0.29) is 24.4 Å². The summed E-state index contributed by atoms with van der Waals surface area (Å²) in [6, 6.07) is 17.0. The van der Waals surface area contributed by atoms with Gasteiger partial charge in [-0.2, -0.15) is 0 Å². The SMILES string of the molecule is CC.CC.CNCc1ccc(NC(=O)CNC(=O)C(Cc2ccccc2)NC)cc1. The number of anilines is 1. The predicted octanol–water partition coefficient (Wildman–Crippen LogP) is 3.34. The van der Waals surface area contributed by atoms with Crippen LogP contribution in [0.15, 0.2) is 54.6 Å². The van der Waals surface area contributed by atoms with Gasteiger partial charge in [0.05, 0.1) is 12.6 Å². The molecular formula is C24H38N4O2. The molecule has 1 atom stereocenters. The van der Waals surface area contributed by atoms with Gasteiger partial charge in [-0.3, -0.25) is 9.59 Å². The Hall–Kier alpha value is -2.70. The van der Waals surface area contributed by atoms with Gasteiger partial charge in [0.2, 0.25) is 11.8 Å². The van der Waals surface area contributed by atoms with Crippen molar-refractivity contribution >= 4 is 17.5 Å². The summed E-state index contributed by atoms with van der Waals surface area (Å²) in [5, 5.41) is 11.5. The van der Waals surface area contributed by atoms with Gasteiger partial charge in [0, 0.05) is 12.2 Å². The molecule has 1 unspecified atom stereocenters. The minimum atomic E-state index is -0.383. The van der Waals surface area contributed by atoms with Gasteiger partial charge >= 0.3 is 0 Å². The van der Waals surface area contributed by atoms with Crippen LogP contribution in [0.1, 0.15) is 38.8 Å². The number of nitrogens with one attached hydrogen (secondary N) is 4. The van der Waals surface area contributed by atoms with Crippen molar-refractivity contribution in [3.8, 4) is 0 Å². The number of likely N-dealkylation sites (N-methyl/N-ethyl adjacent to an activating group) is 1. The number of hydrogen-bond donors (Lipinski definition) is 4. The number of carbonyl (C=O) groups excluding carboxylic acids is 2. The van der Waals surface area contributed by atoms with Crippen LogP contribution in [0.5, 0.6) is 0 Å². The van der Waals surface area contributed by atoms with Gasteiger partial charge in [-0.1, -0.05) is 70.2 Å². The highest BCUT2D eigenvalue weighted by molar-refractivity contribution is 5.95. The van der Waals surface area contributed by atoms with E-state index in [4.69, 9.17) is 0 Å². The van der Waals surface area contributed by atoms with Crippen LogP contribution in [-0.2, 0) is 22.6 Å². The molecule has 4 N–H and O–H groups in total. The van der Waals surface area contributed by atoms with Gasteiger partial charge in [-0.05, 0) is 43.8 Å². The zero-order valence-electron chi connectivity index (χ0n) is 19.2. The van der Waals surface area contributed by atoms with Gasteiger partial charge in [0.15, 0.2) is 0 Å². The molecule has 0 saturated heterocycles. The smallest absolute Gasteiger partial charge is 0.243 e. The summed E-state index contributed by atoms with van der Waals surface area (Å²) in [7, 11) is 3.62. The zero-order chi connectivity index (χ0) is 22.8. The summed E-state index contributed by atoms with van der Waals surface area (Å²) in [4.78, 5) is 24.3. The van der Waals surface area contributed by atoms with E-state index in [2.05, 4.69) is 21.3 Å². The van der Waals surface area contributed by atoms with E-state index in [1.165, 1.54) is 0 Å². The lowest BCUT2D eigenvalue weighted by molar-refractivity contribution is -0.125. The molecule has 30 heavy (non-hydrogen) atoms. The molecule has 2 aromatic rings. The largest absolute Gasteiger partial charge is 0.346 e. The minimum Gasteiger partial charge on any atom is -0.346 e. The average Bonchev–Trinajstić information content (AvgIpc) is 2.80. The lowest BCUT2D eigenvalue weighted by atomic mass is 10.1. The summed E-state index contributed by atoms with van der Waals surface area (Å²) >= 11 is 0. The summed E-state index contributed by atoms with van der Waals surface area (Å²) in [5.41, 5.74) is 2.91. The minimum absolute atomic E-state index is 0.0654. The Morgan fingerprint density at radius 3 is 1.97 bits per heavy atom. The van der Waals surface area contributed by atoms with Crippen molar-refractivity contribution < 1.29 is 9.59 Å². The molecule has 6 heteroatoms. The van der Waals surface area contributed by atoms with Crippen molar-refractivity contribution in [1.29, 1.82) is 0 Å². The molecule has 0 aliphatic heterocycles. The van der Waals surface area contributed by atoms with Crippen LogP contribution in [0.3, 0.4) is 0 Å². The van der Waals surface area contributed by atoms with Crippen molar-refractivity contribution in [3.63, 3.8) is 0 Å². The topological polar surface area (TPSA) is 82.3 Å². The lowest BCUT2D eigenvalue weighted by Gasteiger charge is -2.16. The number of carbonyl (C=O) groups is 2. The van der Waals surface area contributed by atoms with Gasteiger partial charge in [0.25, 0.3) is 0 Å². The van der Waals surface area contributed by atoms with Crippen molar-refractivity contribution in [2.75, 3.05) is 26.0 Å². The maximum absolute atomic E-state index is 12.3. The molecule has 166 valence electrons. The first-order chi connectivity index (χ1) is 14.6. The Labute approximate surface area is 181 Å². The fourth-order valence-electron chi connectivity index (χ4n) is 2.58. The molecule has 0 aromatic heterocycles. The van der Waals surface area contributed by atoms with Crippen molar-refractivity contribution in [2.45, 2.75) is 46.7 Å². The Bertz CT molecular complexity index is 703. The van der Waals surface area contributed by atoms with Crippen LogP contribution in [0.2, 0.25) is 0 Å². The highest BCUT2D eigenvalue weighted by Gasteiger charge is 2.17. The van der Waals surface area contributed by atoms with Crippen molar-refractivity contribution in [2.24, 2.45) is 0 Å². The summed E-state index contributed by atoms with van der Waals surface area (Å²) < 4.78 is 0. The summed E-state index contributed by atoms with van der Waals surface area (Å²) in [6.45, 7) is 8.71. The zero-order valence-corrected chi connectivity index (χ0v) is 19.2. The highest BCUT2D eigenvalue weighted by Crippen LogP contribution is 2.09. The third-order valence-corrected chi connectivity index (χ3v) is 3.99. The van der Waals surface area contributed by atoms with E-state index in [1.807, 2.05) is 89.3 Å². The molecule has 2 aromatic carbocycles. The molecule has 0 aliphatic carbocycles. The van der Waals surface area contributed by atoms with Crippen LogP contribution >= 0.6 is 0 Å².